The number of ether oxygens (including phenoxy) is 2. The van der Waals surface area contributed by atoms with Crippen molar-refractivity contribution in [3.63, 3.8) is 0 Å². The molecule has 3 aliphatic rings. The number of amides is 2. The van der Waals surface area contributed by atoms with E-state index in [2.05, 4.69) is 5.32 Å². The van der Waals surface area contributed by atoms with Crippen molar-refractivity contribution in [3.05, 3.63) is 23.8 Å². The van der Waals surface area contributed by atoms with Crippen LogP contribution in [-0.2, 0) is 14.3 Å². The van der Waals surface area contributed by atoms with Gasteiger partial charge in [-0.1, -0.05) is 0 Å². The molecule has 7 heteroatoms. The third-order valence-corrected chi connectivity index (χ3v) is 5.94. The number of fused-ring (bicyclic) bond motifs is 1. The standard InChI is InChI=1S/C17H20N2O4S/c1-11-15(20)18-13-8-12(2-3-14(13)24-11)16(21)19-5-7-23-17(9-19)4-6-22-10-17/h2-3,8,11H,4-7,9-10H2,1H3,(H,18,20)/t11-,17+/m0/s1. The van der Waals surface area contributed by atoms with Gasteiger partial charge in [0.2, 0.25) is 5.91 Å². The molecule has 24 heavy (non-hydrogen) atoms. The summed E-state index contributed by atoms with van der Waals surface area (Å²) in [6, 6.07) is 5.53. The fourth-order valence-electron chi connectivity index (χ4n) is 3.37. The summed E-state index contributed by atoms with van der Waals surface area (Å²) in [5.41, 5.74) is 0.975. The minimum atomic E-state index is -0.346. The van der Waals surface area contributed by atoms with Crippen LogP contribution in [0.5, 0.6) is 0 Å². The number of nitrogens with zero attached hydrogens (tertiary/aromatic N) is 1. The van der Waals surface area contributed by atoms with Gasteiger partial charge >= 0.3 is 0 Å². The molecule has 128 valence electrons. The highest BCUT2D eigenvalue weighted by molar-refractivity contribution is 8.00. The second-order valence-corrected chi connectivity index (χ2v) is 7.90. The molecular formula is C17H20N2O4S. The van der Waals surface area contributed by atoms with Gasteiger partial charge in [-0.05, 0) is 25.1 Å². The van der Waals surface area contributed by atoms with Crippen LogP contribution in [0, 0.1) is 0 Å². The average Bonchev–Trinajstić information content (AvgIpc) is 3.02. The lowest BCUT2D eigenvalue weighted by molar-refractivity contribution is -0.115. The highest BCUT2D eigenvalue weighted by Gasteiger charge is 2.41. The molecule has 0 saturated carbocycles. The maximum Gasteiger partial charge on any atom is 0.254 e. The van der Waals surface area contributed by atoms with Gasteiger partial charge in [0, 0.05) is 30.0 Å². The first-order valence-electron chi connectivity index (χ1n) is 8.19. The number of thioether (sulfide) groups is 1. The number of nitrogens with one attached hydrogen (secondary N) is 1. The van der Waals surface area contributed by atoms with Crippen LogP contribution in [0.1, 0.15) is 23.7 Å². The molecule has 1 aromatic carbocycles. The van der Waals surface area contributed by atoms with Gasteiger partial charge in [0.1, 0.15) is 5.60 Å². The minimum absolute atomic E-state index is 0.0227. The fourth-order valence-corrected chi connectivity index (χ4v) is 4.30. The number of anilines is 1. The van der Waals surface area contributed by atoms with Crippen molar-refractivity contribution in [2.24, 2.45) is 0 Å². The molecule has 4 rings (SSSR count). The van der Waals surface area contributed by atoms with Crippen LogP contribution in [0.25, 0.3) is 0 Å². The van der Waals surface area contributed by atoms with Gasteiger partial charge in [-0.3, -0.25) is 9.59 Å². The van der Waals surface area contributed by atoms with Crippen LogP contribution in [0.15, 0.2) is 23.1 Å². The SMILES string of the molecule is C[C@@H]1Sc2ccc(C(=O)N3CCO[C@]4(CCOC4)C3)cc2NC1=O. The fraction of sp³-hybridized carbons (Fsp3) is 0.529. The predicted octanol–water partition coefficient (Wildman–Crippen LogP) is 1.75. The number of benzene rings is 1. The third-order valence-electron chi connectivity index (χ3n) is 4.76. The summed E-state index contributed by atoms with van der Waals surface area (Å²) in [6.45, 7) is 4.77. The minimum Gasteiger partial charge on any atom is -0.378 e. The van der Waals surface area contributed by atoms with Crippen molar-refractivity contribution in [1.82, 2.24) is 4.90 Å². The number of carbonyl (C=O) groups is 2. The van der Waals surface area contributed by atoms with Crippen LogP contribution in [0.2, 0.25) is 0 Å². The summed E-state index contributed by atoms with van der Waals surface area (Å²) < 4.78 is 11.3. The van der Waals surface area contributed by atoms with Gasteiger partial charge < -0.3 is 19.7 Å². The Hall–Kier alpha value is -1.57. The molecule has 1 aromatic rings. The summed E-state index contributed by atoms with van der Waals surface area (Å²) in [6.07, 6.45) is 0.825. The molecule has 6 nitrogen and oxygen atoms in total. The number of morpholine rings is 1. The summed E-state index contributed by atoms with van der Waals surface area (Å²) in [4.78, 5) is 27.6. The van der Waals surface area contributed by atoms with E-state index >= 15 is 0 Å². The largest absolute Gasteiger partial charge is 0.378 e. The van der Waals surface area contributed by atoms with Gasteiger partial charge in [-0.2, -0.15) is 0 Å². The van der Waals surface area contributed by atoms with Crippen LogP contribution < -0.4 is 5.32 Å². The predicted molar refractivity (Wildman–Crippen MR) is 90.4 cm³/mol. The molecule has 0 bridgehead atoms. The monoisotopic (exact) mass is 348 g/mol. The number of hydrogen-bond acceptors (Lipinski definition) is 5. The van der Waals surface area contributed by atoms with E-state index in [-0.39, 0.29) is 22.7 Å². The lowest BCUT2D eigenvalue weighted by Gasteiger charge is -2.39. The van der Waals surface area contributed by atoms with Crippen molar-refractivity contribution >= 4 is 29.3 Å². The van der Waals surface area contributed by atoms with E-state index in [9.17, 15) is 9.59 Å². The maximum absolute atomic E-state index is 12.9. The summed E-state index contributed by atoms with van der Waals surface area (Å²) in [5, 5.41) is 2.77. The molecule has 0 unspecified atom stereocenters. The number of rotatable bonds is 1. The zero-order chi connectivity index (χ0) is 16.7. The van der Waals surface area contributed by atoms with E-state index in [1.54, 1.807) is 6.07 Å². The van der Waals surface area contributed by atoms with E-state index in [1.807, 2.05) is 24.0 Å². The quantitative estimate of drug-likeness (QED) is 0.837. The third kappa shape index (κ3) is 2.81. The number of hydrogen-bond donors (Lipinski definition) is 1. The second-order valence-electron chi connectivity index (χ2n) is 6.52. The summed E-state index contributed by atoms with van der Waals surface area (Å²) >= 11 is 1.52. The first-order chi connectivity index (χ1) is 11.6. The Morgan fingerprint density at radius 2 is 2.29 bits per heavy atom. The molecule has 0 radical (unpaired) electrons. The van der Waals surface area contributed by atoms with Gasteiger partial charge in [0.15, 0.2) is 0 Å². The van der Waals surface area contributed by atoms with Crippen LogP contribution in [0.4, 0.5) is 5.69 Å². The zero-order valence-corrected chi connectivity index (χ0v) is 14.4. The van der Waals surface area contributed by atoms with Crippen LogP contribution in [-0.4, -0.2) is 60.5 Å². The van der Waals surface area contributed by atoms with Gasteiger partial charge in [-0.25, -0.2) is 0 Å². The highest BCUT2D eigenvalue weighted by atomic mass is 32.2. The lowest BCUT2D eigenvalue weighted by atomic mass is 10.00. The molecule has 1 N–H and O–H groups in total. The smallest absolute Gasteiger partial charge is 0.254 e. The average molecular weight is 348 g/mol. The molecular weight excluding hydrogens is 328 g/mol. The van der Waals surface area contributed by atoms with E-state index in [0.717, 1.165) is 17.0 Å². The summed E-state index contributed by atoms with van der Waals surface area (Å²) in [7, 11) is 0. The lowest BCUT2D eigenvalue weighted by Crippen LogP contribution is -2.54. The van der Waals surface area contributed by atoms with E-state index in [4.69, 9.17) is 9.47 Å². The topological polar surface area (TPSA) is 67.9 Å². The Bertz CT molecular complexity index is 687. The van der Waals surface area contributed by atoms with E-state index in [0.29, 0.717) is 38.5 Å². The van der Waals surface area contributed by atoms with E-state index < -0.39 is 0 Å². The first kappa shape index (κ1) is 15.9. The normalized spacial score (nSPS) is 29.5. The second kappa shape index (κ2) is 6.06. The van der Waals surface area contributed by atoms with Crippen LogP contribution >= 0.6 is 11.8 Å². The van der Waals surface area contributed by atoms with E-state index in [1.165, 1.54) is 11.8 Å². The molecule has 0 aromatic heterocycles. The van der Waals surface area contributed by atoms with Crippen molar-refractivity contribution in [1.29, 1.82) is 0 Å². The van der Waals surface area contributed by atoms with Crippen molar-refractivity contribution in [3.8, 4) is 0 Å². The Morgan fingerprint density at radius 3 is 3.08 bits per heavy atom. The van der Waals surface area contributed by atoms with Gasteiger partial charge in [0.05, 0.1) is 30.7 Å². The molecule has 2 fully saturated rings. The molecule has 2 saturated heterocycles. The molecule has 0 aliphatic carbocycles. The van der Waals surface area contributed by atoms with Gasteiger partial charge in [0.25, 0.3) is 5.91 Å². The Labute approximate surface area is 144 Å². The van der Waals surface area contributed by atoms with Gasteiger partial charge in [-0.15, -0.1) is 11.8 Å². The summed E-state index contributed by atoms with van der Waals surface area (Å²) in [5.74, 6) is -0.0456. The molecule has 1 spiro atoms. The highest BCUT2D eigenvalue weighted by Crippen LogP contribution is 2.36. The van der Waals surface area contributed by atoms with Crippen molar-refractivity contribution < 1.29 is 19.1 Å². The van der Waals surface area contributed by atoms with Crippen molar-refractivity contribution in [2.75, 3.05) is 38.2 Å². The van der Waals surface area contributed by atoms with Crippen molar-refractivity contribution in [2.45, 2.75) is 29.1 Å². The molecule has 2 amide bonds. The molecule has 3 aliphatic heterocycles. The Balaban J connectivity index is 1.54. The molecule has 3 heterocycles. The molecule has 2 atom stereocenters. The van der Waals surface area contributed by atoms with Crippen LogP contribution in [0.3, 0.4) is 0 Å². The Morgan fingerprint density at radius 1 is 1.42 bits per heavy atom. The Kier molecular flexibility index (Phi) is 4.02. The number of carbonyl (C=O) groups excluding carboxylic acids is 2. The maximum atomic E-state index is 12.9. The zero-order valence-electron chi connectivity index (χ0n) is 13.5. The first-order valence-corrected chi connectivity index (χ1v) is 9.07.